The van der Waals surface area contributed by atoms with E-state index in [1.54, 1.807) is 0 Å². The molecule has 2 aliphatic heterocycles. The average molecular weight is 411 g/mol. The Hall–Kier alpha value is -1.91. The molecule has 30 heavy (non-hydrogen) atoms. The Morgan fingerprint density at radius 2 is 1.83 bits per heavy atom. The van der Waals surface area contributed by atoms with Crippen LogP contribution < -0.4 is 0 Å². The molecule has 5 rings (SSSR count). The lowest BCUT2D eigenvalue weighted by Gasteiger charge is -2.53. The molecule has 0 bridgehead atoms. The third-order valence-electron chi connectivity index (χ3n) is 8.33. The van der Waals surface area contributed by atoms with Gasteiger partial charge in [-0.1, -0.05) is 20.8 Å². The van der Waals surface area contributed by atoms with E-state index in [0.29, 0.717) is 30.3 Å². The van der Waals surface area contributed by atoms with Gasteiger partial charge in [-0.25, -0.2) is 0 Å². The standard InChI is InChI=1S/C25H34N2O3/c1-23(2,3)19-4-7-26-20(10-19)17-11-24(12-17)5-8-27(9-6-24)22(29)18-13-25(14-18)15-21(28)30-16-25/h4,7,10,17-18H,5-6,8-9,11-16H2,1-3H3. The number of carbonyl (C=O) groups excluding carboxylic acids is 2. The van der Waals surface area contributed by atoms with Crippen LogP contribution in [0.3, 0.4) is 0 Å². The molecule has 1 aromatic heterocycles. The quantitative estimate of drug-likeness (QED) is 0.686. The number of likely N-dealkylation sites (tertiary alicyclic amines) is 1. The van der Waals surface area contributed by atoms with E-state index in [-0.39, 0.29) is 22.7 Å². The first-order valence-electron chi connectivity index (χ1n) is 11.6. The molecule has 4 aliphatic rings. The summed E-state index contributed by atoms with van der Waals surface area (Å²) in [6.07, 6.45) is 8.79. The highest BCUT2D eigenvalue weighted by atomic mass is 16.5. The molecule has 162 valence electrons. The van der Waals surface area contributed by atoms with Crippen LogP contribution in [0.2, 0.25) is 0 Å². The molecule has 3 heterocycles. The second kappa shape index (κ2) is 6.80. The SMILES string of the molecule is CC(C)(C)c1ccnc(C2CC3(CCN(C(=O)C4CC5(COC(=O)C5)C4)CC3)C2)c1. The van der Waals surface area contributed by atoms with Crippen molar-refractivity contribution in [3.63, 3.8) is 0 Å². The Balaban J connectivity index is 1.12. The second-order valence-corrected chi connectivity index (χ2v) is 11.6. The molecule has 5 heteroatoms. The summed E-state index contributed by atoms with van der Waals surface area (Å²) in [6.45, 7) is 9.05. The molecule has 0 aromatic carbocycles. The summed E-state index contributed by atoms with van der Waals surface area (Å²) in [5, 5.41) is 0. The predicted molar refractivity (Wildman–Crippen MR) is 114 cm³/mol. The van der Waals surface area contributed by atoms with Gasteiger partial charge in [0.05, 0.1) is 13.0 Å². The highest BCUT2D eigenvalue weighted by Crippen LogP contribution is 2.57. The van der Waals surface area contributed by atoms with E-state index in [9.17, 15) is 9.59 Å². The molecule has 0 N–H and O–H groups in total. The molecule has 1 amide bonds. The van der Waals surface area contributed by atoms with Gasteiger partial charge in [0.2, 0.25) is 5.91 Å². The monoisotopic (exact) mass is 410 g/mol. The molecule has 0 radical (unpaired) electrons. The van der Waals surface area contributed by atoms with Crippen LogP contribution in [-0.4, -0.2) is 41.5 Å². The fourth-order valence-electron chi connectivity index (χ4n) is 6.26. The van der Waals surface area contributed by atoms with Gasteiger partial charge in [-0.05, 0) is 67.1 Å². The van der Waals surface area contributed by atoms with Gasteiger partial charge >= 0.3 is 5.97 Å². The zero-order valence-corrected chi connectivity index (χ0v) is 18.6. The lowest BCUT2D eigenvalue weighted by atomic mass is 9.56. The van der Waals surface area contributed by atoms with Gasteiger partial charge in [0.15, 0.2) is 0 Å². The first kappa shape index (κ1) is 20.0. The first-order chi connectivity index (χ1) is 14.2. The molecule has 2 aliphatic carbocycles. The summed E-state index contributed by atoms with van der Waals surface area (Å²) >= 11 is 0. The van der Waals surface area contributed by atoms with Crippen molar-refractivity contribution < 1.29 is 14.3 Å². The van der Waals surface area contributed by atoms with Crippen molar-refractivity contribution in [3.05, 3.63) is 29.6 Å². The Morgan fingerprint density at radius 1 is 1.13 bits per heavy atom. The fourth-order valence-corrected chi connectivity index (χ4v) is 6.26. The fraction of sp³-hybridized carbons (Fsp3) is 0.720. The van der Waals surface area contributed by atoms with Crippen molar-refractivity contribution in [2.75, 3.05) is 19.7 Å². The summed E-state index contributed by atoms with van der Waals surface area (Å²) in [7, 11) is 0. The van der Waals surface area contributed by atoms with E-state index >= 15 is 0 Å². The van der Waals surface area contributed by atoms with E-state index in [1.807, 2.05) is 6.20 Å². The minimum Gasteiger partial charge on any atom is -0.465 e. The maximum atomic E-state index is 12.9. The molecule has 4 fully saturated rings. The molecule has 0 unspecified atom stereocenters. The second-order valence-electron chi connectivity index (χ2n) is 11.6. The van der Waals surface area contributed by atoms with Gasteiger partial charge in [0, 0.05) is 42.2 Å². The Kier molecular flexibility index (Phi) is 4.53. The summed E-state index contributed by atoms with van der Waals surface area (Å²) in [5.74, 6) is 0.890. The van der Waals surface area contributed by atoms with Crippen molar-refractivity contribution in [1.82, 2.24) is 9.88 Å². The van der Waals surface area contributed by atoms with Crippen LogP contribution in [0, 0.1) is 16.7 Å². The number of hydrogen-bond donors (Lipinski definition) is 0. The van der Waals surface area contributed by atoms with Gasteiger partial charge in [-0.3, -0.25) is 14.6 Å². The number of cyclic esters (lactones) is 1. The van der Waals surface area contributed by atoms with Crippen LogP contribution >= 0.6 is 0 Å². The number of carbonyl (C=O) groups is 2. The van der Waals surface area contributed by atoms with Crippen LogP contribution in [0.1, 0.15) is 82.9 Å². The highest BCUT2D eigenvalue weighted by molar-refractivity contribution is 5.81. The molecule has 0 atom stereocenters. The van der Waals surface area contributed by atoms with E-state index in [4.69, 9.17) is 4.74 Å². The largest absolute Gasteiger partial charge is 0.465 e. The molecule has 5 nitrogen and oxygen atoms in total. The third kappa shape index (κ3) is 3.44. The predicted octanol–water partition coefficient (Wildman–Crippen LogP) is 4.21. The van der Waals surface area contributed by atoms with Gasteiger partial charge in [0.25, 0.3) is 0 Å². The smallest absolute Gasteiger partial charge is 0.306 e. The zero-order valence-electron chi connectivity index (χ0n) is 18.6. The normalized spacial score (nSPS) is 27.6. The van der Waals surface area contributed by atoms with Crippen molar-refractivity contribution >= 4 is 11.9 Å². The van der Waals surface area contributed by atoms with Crippen molar-refractivity contribution in [2.24, 2.45) is 16.7 Å². The summed E-state index contributed by atoms with van der Waals surface area (Å²) < 4.78 is 5.14. The van der Waals surface area contributed by atoms with Crippen LogP contribution in [-0.2, 0) is 19.7 Å². The number of amides is 1. The number of pyridine rings is 1. The first-order valence-corrected chi connectivity index (χ1v) is 11.6. The number of rotatable bonds is 2. The minimum atomic E-state index is -0.0946. The molecule has 2 saturated carbocycles. The molecular weight excluding hydrogens is 376 g/mol. The number of ether oxygens (including phenoxy) is 1. The Labute approximate surface area is 179 Å². The molecule has 1 aromatic rings. The Morgan fingerprint density at radius 3 is 2.43 bits per heavy atom. The molecular formula is C25H34N2O3. The number of hydrogen-bond acceptors (Lipinski definition) is 4. The number of piperidine rings is 1. The third-order valence-corrected chi connectivity index (χ3v) is 8.33. The molecule has 2 saturated heterocycles. The number of nitrogens with zero attached hydrogens (tertiary/aromatic N) is 2. The van der Waals surface area contributed by atoms with Crippen molar-refractivity contribution in [3.8, 4) is 0 Å². The van der Waals surface area contributed by atoms with Crippen LogP contribution in [0.25, 0.3) is 0 Å². The number of aromatic nitrogens is 1. The lowest BCUT2D eigenvalue weighted by Crippen LogP contribution is -2.52. The number of esters is 1. The van der Waals surface area contributed by atoms with Gasteiger partial charge < -0.3 is 9.64 Å². The zero-order chi connectivity index (χ0) is 21.1. The van der Waals surface area contributed by atoms with Gasteiger partial charge in [-0.15, -0.1) is 0 Å². The average Bonchev–Trinajstić information content (AvgIpc) is 3.06. The Bertz CT molecular complexity index is 849. The van der Waals surface area contributed by atoms with Gasteiger partial charge in [-0.2, -0.15) is 0 Å². The maximum absolute atomic E-state index is 12.9. The van der Waals surface area contributed by atoms with E-state index in [1.165, 1.54) is 24.1 Å². The maximum Gasteiger partial charge on any atom is 0.306 e. The summed E-state index contributed by atoms with van der Waals surface area (Å²) in [5.41, 5.74) is 3.15. The topological polar surface area (TPSA) is 59.5 Å². The van der Waals surface area contributed by atoms with Crippen molar-refractivity contribution in [2.45, 2.75) is 77.0 Å². The van der Waals surface area contributed by atoms with Crippen LogP contribution in [0.4, 0.5) is 0 Å². The van der Waals surface area contributed by atoms with E-state index in [2.05, 4.69) is 42.8 Å². The van der Waals surface area contributed by atoms with Gasteiger partial charge in [0.1, 0.15) is 0 Å². The van der Waals surface area contributed by atoms with Crippen molar-refractivity contribution in [1.29, 1.82) is 0 Å². The van der Waals surface area contributed by atoms with Crippen LogP contribution in [0.15, 0.2) is 18.3 Å². The van der Waals surface area contributed by atoms with Crippen LogP contribution in [0.5, 0.6) is 0 Å². The van der Waals surface area contributed by atoms with E-state index < -0.39 is 0 Å². The highest BCUT2D eigenvalue weighted by Gasteiger charge is 2.54. The summed E-state index contributed by atoms with van der Waals surface area (Å²) in [4.78, 5) is 31.1. The van der Waals surface area contributed by atoms with E-state index in [0.717, 1.165) is 38.8 Å². The lowest BCUT2D eigenvalue weighted by molar-refractivity contribution is -0.147. The summed E-state index contributed by atoms with van der Waals surface area (Å²) in [6, 6.07) is 4.44. The molecule has 2 spiro atoms. The minimum absolute atomic E-state index is 0.0236.